The number of carbonyl (C=O) groups excluding carboxylic acids is 2. The van der Waals surface area contributed by atoms with Crippen LogP contribution in [0.3, 0.4) is 0 Å². The molecule has 0 radical (unpaired) electrons. The van der Waals surface area contributed by atoms with E-state index >= 15 is 0 Å². The second-order valence-corrected chi connectivity index (χ2v) is 7.22. The van der Waals surface area contributed by atoms with Gasteiger partial charge in [0.05, 0.1) is 0 Å². The van der Waals surface area contributed by atoms with Crippen LogP contribution in [0.2, 0.25) is 0 Å². The molecule has 8 heteroatoms. The standard InChI is InChI=1S/C24H14O8/c25-13-7-15(27)21-17(9-13)31-19(23(21)29)5-11-1-2-12(4-3-11)6-20-24(30)22-16(28)8-14(26)10-18(22)32-20/h1-10,25-28H/b19-5-,20-6-. The third-order valence-corrected chi connectivity index (χ3v) is 5.01. The first kappa shape index (κ1) is 19.3. The lowest BCUT2D eigenvalue weighted by atomic mass is 10.1. The number of fused-ring (bicyclic) bond motifs is 2. The summed E-state index contributed by atoms with van der Waals surface area (Å²) in [6, 6.07) is 11.4. The lowest BCUT2D eigenvalue weighted by Gasteiger charge is -2.01. The van der Waals surface area contributed by atoms with Crippen molar-refractivity contribution >= 4 is 23.7 Å². The molecular weight excluding hydrogens is 416 g/mol. The van der Waals surface area contributed by atoms with Crippen LogP contribution in [0.25, 0.3) is 12.2 Å². The molecule has 158 valence electrons. The van der Waals surface area contributed by atoms with Crippen LogP contribution in [0.15, 0.2) is 60.0 Å². The number of benzene rings is 3. The summed E-state index contributed by atoms with van der Waals surface area (Å²) < 4.78 is 10.9. The second-order valence-electron chi connectivity index (χ2n) is 7.22. The minimum absolute atomic E-state index is 0.00737. The van der Waals surface area contributed by atoms with Crippen molar-refractivity contribution in [1.29, 1.82) is 0 Å². The van der Waals surface area contributed by atoms with Gasteiger partial charge in [-0.1, -0.05) is 24.3 Å². The summed E-state index contributed by atoms with van der Waals surface area (Å²) in [5.41, 5.74) is 1.22. The Kier molecular flexibility index (Phi) is 4.16. The topological polar surface area (TPSA) is 134 Å². The maximum Gasteiger partial charge on any atom is 0.235 e. The molecule has 8 nitrogen and oxygen atoms in total. The van der Waals surface area contributed by atoms with Crippen molar-refractivity contribution < 1.29 is 39.5 Å². The molecule has 2 aliphatic rings. The molecule has 0 amide bonds. The molecule has 0 saturated carbocycles. The molecule has 0 bridgehead atoms. The lowest BCUT2D eigenvalue weighted by molar-refractivity contribution is 0.100. The number of ketones is 2. The Labute approximate surface area is 180 Å². The fourth-order valence-corrected chi connectivity index (χ4v) is 3.55. The van der Waals surface area contributed by atoms with Crippen LogP contribution in [0.5, 0.6) is 34.5 Å². The molecule has 0 aliphatic carbocycles. The summed E-state index contributed by atoms with van der Waals surface area (Å²) in [5.74, 6) is -2.04. The summed E-state index contributed by atoms with van der Waals surface area (Å²) in [7, 11) is 0. The van der Waals surface area contributed by atoms with E-state index < -0.39 is 11.6 Å². The van der Waals surface area contributed by atoms with E-state index in [1.165, 1.54) is 24.3 Å². The largest absolute Gasteiger partial charge is 0.508 e. The van der Waals surface area contributed by atoms with Gasteiger partial charge in [-0.05, 0) is 23.3 Å². The van der Waals surface area contributed by atoms with Crippen molar-refractivity contribution in [2.75, 3.05) is 0 Å². The number of Topliss-reactive ketones (excluding diaryl/α,β-unsaturated/α-hetero) is 2. The van der Waals surface area contributed by atoms with Gasteiger partial charge in [-0.3, -0.25) is 9.59 Å². The summed E-state index contributed by atoms with van der Waals surface area (Å²) in [5, 5.41) is 38.9. The summed E-state index contributed by atoms with van der Waals surface area (Å²) >= 11 is 0. The lowest BCUT2D eigenvalue weighted by Crippen LogP contribution is -1.99. The monoisotopic (exact) mass is 430 g/mol. The number of hydrogen-bond acceptors (Lipinski definition) is 8. The number of ether oxygens (including phenoxy) is 2. The van der Waals surface area contributed by atoms with Crippen LogP contribution in [0.1, 0.15) is 31.8 Å². The molecular formula is C24H14O8. The van der Waals surface area contributed by atoms with Gasteiger partial charge in [-0.25, -0.2) is 0 Å². The number of rotatable bonds is 2. The quantitative estimate of drug-likeness (QED) is 0.452. The number of aromatic hydroxyl groups is 4. The third-order valence-electron chi connectivity index (χ3n) is 5.01. The molecule has 0 spiro atoms. The highest BCUT2D eigenvalue weighted by atomic mass is 16.5. The maximum absolute atomic E-state index is 12.5. The Bertz CT molecular complexity index is 1270. The van der Waals surface area contributed by atoms with Gasteiger partial charge in [0, 0.05) is 24.3 Å². The molecule has 32 heavy (non-hydrogen) atoms. The second kappa shape index (κ2) is 6.92. The number of phenols is 4. The van der Waals surface area contributed by atoms with Crippen LogP contribution in [-0.2, 0) is 0 Å². The molecule has 3 aromatic carbocycles. The molecule has 2 aliphatic heterocycles. The molecule has 0 unspecified atom stereocenters. The molecule has 0 fully saturated rings. The van der Waals surface area contributed by atoms with Gasteiger partial charge in [0.1, 0.15) is 45.6 Å². The van der Waals surface area contributed by atoms with Crippen molar-refractivity contribution in [3.63, 3.8) is 0 Å². The van der Waals surface area contributed by atoms with E-state index in [1.807, 2.05) is 0 Å². The first-order chi connectivity index (χ1) is 15.3. The Morgan fingerprint density at radius 3 is 1.34 bits per heavy atom. The molecule has 5 rings (SSSR count). The smallest absolute Gasteiger partial charge is 0.235 e. The molecule has 0 aromatic heterocycles. The van der Waals surface area contributed by atoms with Crippen LogP contribution < -0.4 is 9.47 Å². The molecule has 4 N–H and O–H groups in total. The zero-order chi connectivity index (χ0) is 22.6. The van der Waals surface area contributed by atoms with Gasteiger partial charge >= 0.3 is 0 Å². The Balaban J connectivity index is 1.39. The van der Waals surface area contributed by atoms with Crippen LogP contribution >= 0.6 is 0 Å². The predicted octanol–water partition coefficient (Wildman–Crippen LogP) is 3.74. The third kappa shape index (κ3) is 3.10. The number of allylic oxidation sites excluding steroid dienone is 2. The average Bonchev–Trinajstić information content (AvgIpc) is 3.20. The summed E-state index contributed by atoms with van der Waals surface area (Å²) in [4.78, 5) is 25.0. The fourth-order valence-electron chi connectivity index (χ4n) is 3.55. The van der Waals surface area contributed by atoms with E-state index in [0.717, 1.165) is 12.1 Å². The minimum Gasteiger partial charge on any atom is -0.508 e. The van der Waals surface area contributed by atoms with Crippen LogP contribution in [0.4, 0.5) is 0 Å². The highest BCUT2D eigenvalue weighted by Crippen LogP contribution is 2.41. The van der Waals surface area contributed by atoms with Crippen molar-refractivity contribution in [2.24, 2.45) is 0 Å². The van der Waals surface area contributed by atoms with Crippen molar-refractivity contribution in [3.8, 4) is 34.5 Å². The molecule has 3 aromatic rings. The highest BCUT2D eigenvalue weighted by molar-refractivity contribution is 6.17. The van der Waals surface area contributed by atoms with Gasteiger partial charge in [0.15, 0.2) is 11.5 Å². The molecule has 0 atom stereocenters. The van der Waals surface area contributed by atoms with E-state index in [2.05, 4.69) is 0 Å². The van der Waals surface area contributed by atoms with Crippen molar-refractivity contribution in [3.05, 3.63) is 82.3 Å². The van der Waals surface area contributed by atoms with E-state index in [9.17, 15) is 30.0 Å². The van der Waals surface area contributed by atoms with E-state index in [0.29, 0.717) is 11.1 Å². The molecule has 0 saturated heterocycles. The Morgan fingerprint density at radius 1 is 0.594 bits per heavy atom. The highest BCUT2D eigenvalue weighted by Gasteiger charge is 2.32. The number of hydrogen-bond donors (Lipinski definition) is 4. The fraction of sp³-hybridized carbons (Fsp3) is 0. The first-order valence-electron chi connectivity index (χ1n) is 9.40. The van der Waals surface area contributed by atoms with Gasteiger partial charge in [-0.15, -0.1) is 0 Å². The summed E-state index contributed by atoms with van der Waals surface area (Å²) in [6.45, 7) is 0. The van der Waals surface area contributed by atoms with E-state index in [-0.39, 0.29) is 57.1 Å². The van der Waals surface area contributed by atoms with Gasteiger partial charge in [0.2, 0.25) is 11.6 Å². The SMILES string of the molecule is O=C1/C(=C/c2ccc(/C=C3\Oc4cc(O)cc(O)c4C3=O)cc2)Oc2cc(O)cc(O)c21. The van der Waals surface area contributed by atoms with Crippen molar-refractivity contribution in [1.82, 2.24) is 0 Å². The zero-order valence-electron chi connectivity index (χ0n) is 16.2. The van der Waals surface area contributed by atoms with Crippen LogP contribution in [-0.4, -0.2) is 32.0 Å². The normalized spacial score (nSPS) is 16.8. The van der Waals surface area contributed by atoms with E-state index in [4.69, 9.17) is 9.47 Å². The number of carbonyl (C=O) groups is 2. The van der Waals surface area contributed by atoms with Crippen LogP contribution in [0, 0.1) is 0 Å². The Hall–Kier alpha value is -4.72. The molecule has 2 heterocycles. The van der Waals surface area contributed by atoms with Gasteiger partial charge in [-0.2, -0.15) is 0 Å². The van der Waals surface area contributed by atoms with Crippen molar-refractivity contribution in [2.45, 2.75) is 0 Å². The Morgan fingerprint density at radius 2 is 0.969 bits per heavy atom. The van der Waals surface area contributed by atoms with E-state index in [1.54, 1.807) is 24.3 Å². The predicted molar refractivity (Wildman–Crippen MR) is 112 cm³/mol. The minimum atomic E-state index is -0.505. The van der Waals surface area contributed by atoms with Gasteiger partial charge in [0.25, 0.3) is 0 Å². The average molecular weight is 430 g/mol. The zero-order valence-corrected chi connectivity index (χ0v) is 16.2. The first-order valence-corrected chi connectivity index (χ1v) is 9.40. The number of phenolic OH excluding ortho intramolecular Hbond substituents is 4. The van der Waals surface area contributed by atoms with Gasteiger partial charge < -0.3 is 29.9 Å². The summed E-state index contributed by atoms with van der Waals surface area (Å²) in [6.07, 6.45) is 2.98. The maximum atomic E-state index is 12.5.